The van der Waals surface area contributed by atoms with Crippen LogP contribution in [0.3, 0.4) is 0 Å². The molecule has 3 aliphatic heterocycles. The average Bonchev–Trinajstić information content (AvgIpc) is 3.11. The molecule has 0 bridgehead atoms. The summed E-state index contributed by atoms with van der Waals surface area (Å²) in [4.78, 5) is 27.6. The van der Waals surface area contributed by atoms with E-state index in [1.165, 1.54) is 51.4 Å². The van der Waals surface area contributed by atoms with Gasteiger partial charge >= 0.3 is 18.1 Å². The standard InChI is InChI=1S/C20H35N3O2.C2HF3O2/c1-3-4-5-6-7-8-9-10-15-13-16-11-12-17-18(19(24)25)14(2)21-20(22-15)23(16)17;3-2(4,5)1(6)7/h14-18H,3-13H2,1-2H3,(H,21,22)(H,24,25);(H,6,7)/t14-,15-,16+,17+,18-;/m1./s1. The van der Waals surface area contributed by atoms with E-state index in [1.807, 2.05) is 6.92 Å². The van der Waals surface area contributed by atoms with Crippen molar-refractivity contribution in [2.75, 3.05) is 0 Å². The lowest BCUT2D eigenvalue weighted by atomic mass is 9.89. The number of hydrogen-bond donors (Lipinski definition) is 3. The molecule has 2 saturated heterocycles. The van der Waals surface area contributed by atoms with E-state index in [4.69, 9.17) is 14.9 Å². The van der Waals surface area contributed by atoms with E-state index < -0.39 is 18.1 Å². The summed E-state index contributed by atoms with van der Waals surface area (Å²) in [5.41, 5.74) is 0. The van der Waals surface area contributed by atoms with Crippen LogP contribution in [0.25, 0.3) is 0 Å². The highest BCUT2D eigenvalue weighted by Crippen LogP contribution is 2.39. The topological polar surface area (TPSA) is 102 Å². The largest absolute Gasteiger partial charge is 0.490 e. The minimum absolute atomic E-state index is 0.127. The van der Waals surface area contributed by atoms with Crippen LogP contribution >= 0.6 is 0 Å². The number of aliphatic carboxylic acids is 2. The Morgan fingerprint density at radius 1 is 1.09 bits per heavy atom. The average molecular weight is 464 g/mol. The monoisotopic (exact) mass is 463 g/mol. The lowest BCUT2D eigenvalue weighted by molar-refractivity contribution is -0.192. The number of aliphatic imine (C=N–C) groups is 1. The van der Waals surface area contributed by atoms with Gasteiger partial charge < -0.3 is 20.4 Å². The molecule has 2 fully saturated rings. The number of carbonyl (C=O) groups is 2. The molecule has 0 radical (unpaired) electrons. The Morgan fingerprint density at radius 3 is 2.25 bits per heavy atom. The summed E-state index contributed by atoms with van der Waals surface area (Å²) in [6.07, 6.45) is 8.84. The molecule has 0 aromatic carbocycles. The van der Waals surface area contributed by atoms with Gasteiger partial charge in [0, 0.05) is 18.1 Å². The Labute approximate surface area is 187 Å². The lowest BCUT2D eigenvalue weighted by Gasteiger charge is -2.46. The quantitative estimate of drug-likeness (QED) is 0.438. The number of halogens is 3. The highest BCUT2D eigenvalue weighted by Gasteiger charge is 2.50. The van der Waals surface area contributed by atoms with Crippen molar-refractivity contribution in [1.29, 1.82) is 0 Å². The van der Waals surface area contributed by atoms with E-state index >= 15 is 0 Å². The van der Waals surface area contributed by atoms with Crippen LogP contribution in [0.5, 0.6) is 0 Å². The van der Waals surface area contributed by atoms with Crippen molar-refractivity contribution < 1.29 is 33.0 Å². The summed E-state index contributed by atoms with van der Waals surface area (Å²) in [6, 6.07) is 1.02. The normalized spacial score (nSPS) is 28.7. The zero-order valence-corrected chi connectivity index (χ0v) is 18.9. The van der Waals surface area contributed by atoms with Gasteiger partial charge in [0.1, 0.15) is 0 Å². The second-order valence-corrected chi connectivity index (χ2v) is 9.05. The van der Waals surface area contributed by atoms with Crippen LogP contribution < -0.4 is 5.32 Å². The molecular formula is C22H36F3N3O4. The van der Waals surface area contributed by atoms with Gasteiger partial charge in [-0.05, 0) is 32.6 Å². The van der Waals surface area contributed by atoms with Crippen LogP contribution in [-0.2, 0) is 9.59 Å². The molecule has 3 rings (SSSR count). The number of hydrogen-bond acceptors (Lipinski definition) is 5. The Hall–Kier alpha value is -2.00. The number of rotatable bonds is 9. The summed E-state index contributed by atoms with van der Waals surface area (Å²) in [7, 11) is 0. The van der Waals surface area contributed by atoms with Crippen molar-refractivity contribution in [3.8, 4) is 0 Å². The van der Waals surface area contributed by atoms with Gasteiger partial charge in [-0.15, -0.1) is 0 Å². The molecule has 3 heterocycles. The highest BCUT2D eigenvalue weighted by atomic mass is 19.4. The number of alkyl halides is 3. The summed E-state index contributed by atoms with van der Waals surface area (Å²) >= 11 is 0. The molecule has 0 aromatic rings. The lowest BCUT2D eigenvalue weighted by Crippen LogP contribution is -2.62. The fraction of sp³-hybridized carbons (Fsp3) is 0.864. The molecule has 0 aliphatic carbocycles. The van der Waals surface area contributed by atoms with Crippen molar-refractivity contribution in [3.05, 3.63) is 0 Å². The molecule has 10 heteroatoms. The number of nitrogens with one attached hydrogen (secondary N) is 1. The number of carboxylic acid groups (broad SMARTS) is 2. The summed E-state index contributed by atoms with van der Waals surface area (Å²) in [6.45, 7) is 4.22. The second kappa shape index (κ2) is 11.7. The molecule has 5 atom stereocenters. The number of guanidine groups is 1. The highest BCUT2D eigenvalue weighted by molar-refractivity contribution is 5.85. The molecule has 0 unspecified atom stereocenters. The molecule has 3 aliphatic rings. The third kappa shape index (κ3) is 7.00. The molecule has 0 aromatic heterocycles. The van der Waals surface area contributed by atoms with Gasteiger partial charge in [0.15, 0.2) is 5.96 Å². The summed E-state index contributed by atoms with van der Waals surface area (Å²) < 4.78 is 31.7. The Bertz CT molecular complexity index is 671. The first kappa shape index (κ1) is 26.3. The first-order valence-electron chi connectivity index (χ1n) is 11.7. The van der Waals surface area contributed by atoms with Crippen LogP contribution in [0.2, 0.25) is 0 Å². The van der Waals surface area contributed by atoms with Crippen molar-refractivity contribution in [3.63, 3.8) is 0 Å². The predicted octanol–water partition coefficient (Wildman–Crippen LogP) is 4.41. The van der Waals surface area contributed by atoms with Crippen molar-refractivity contribution in [2.24, 2.45) is 10.9 Å². The third-order valence-electron chi connectivity index (χ3n) is 6.62. The zero-order valence-electron chi connectivity index (χ0n) is 18.9. The number of unbranched alkanes of at least 4 members (excludes halogenated alkanes) is 6. The van der Waals surface area contributed by atoms with Crippen molar-refractivity contribution in [1.82, 2.24) is 10.2 Å². The van der Waals surface area contributed by atoms with Crippen LogP contribution in [-0.4, -0.2) is 63.4 Å². The third-order valence-corrected chi connectivity index (χ3v) is 6.62. The first-order chi connectivity index (χ1) is 15.1. The fourth-order valence-electron chi connectivity index (χ4n) is 5.08. The van der Waals surface area contributed by atoms with E-state index in [0.29, 0.717) is 12.1 Å². The van der Waals surface area contributed by atoms with Crippen LogP contribution in [0.15, 0.2) is 4.99 Å². The number of carboxylic acids is 2. The van der Waals surface area contributed by atoms with Gasteiger partial charge in [-0.25, -0.2) is 9.79 Å². The van der Waals surface area contributed by atoms with E-state index in [0.717, 1.165) is 25.2 Å². The van der Waals surface area contributed by atoms with E-state index in [9.17, 15) is 23.1 Å². The molecule has 3 N–H and O–H groups in total. The molecule has 0 spiro atoms. The minimum Gasteiger partial charge on any atom is -0.481 e. The second-order valence-electron chi connectivity index (χ2n) is 9.05. The van der Waals surface area contributed by atoms with Crippen LogP contribution in [0, 0.1) is 5.92 Å². The Kier molecular flexibility index (Phi) is 9.64. The SMILES string of the molecule is CCCCCCCCC[C@@H]1C[C@@H]2CC[C@H]3[C@H](C(=O)O)[C@@H](C)N=C(N1)N23.O=C(O)C(F)(F)F. The van der Waals surface area contributed by atoms with E-state index in [1.54, 1.807) is 0 Å². The van der Waals surface area contributed by atoms with Gasteiger partial charge in [0.25, 0.3) is 0 Å². The maximum Gasteiger partial charge on any atom is 0.490 e. The number of nitrogens with zero attached hydrogens (tertiary/aromatic N) is 2. The first-order valence-corrected chi connectivity index (χ1v) is 11.7. The van der Waals surface area contributed by atoms with Crippen LogP contribution in [0.1, 0.15) is 84.5 Å². The predicted molar refractivity (Wildman–Crippen MR) is 115 cm³/mol. The zero-order chi connectivity index (χ0) is 23.9. The van der Waals surface area contributed by atoms with Gasteiger partial charge in [-0.1, -0.05) is 51.9 Å². The fourth-order valence-corrected chi connectivity index (χ4v) is 5.08. The van der Waals surface area contributed by atoms with Gasteiger partial charge in [-0.3, -0.25) is 4.79 Å². The van der Waals surface area contributed by atoms with Crippen LogP contribution in [0.4, 0.5) is 13.2 Å². The summed E-state index contributed by atoms with van der Waals surface area (Å²) in [5.74, 6) is -2.81. The van der Waals surface area contributed by atoms with Gasteiger partial charge in [-0.2, -0.15) is 13.2 Å². The van der Waals surface area contributed by atoms with Crippen molar-refractivity contribution >= 4 is 17.9 Å². The minimum atomic E-state index is -5.08. The maximum atomic E-state index is 11.6. The van der Waals surface area contributed by atoms with Gasteiger partial charge in [0.05, 0.1) is 12.0 Å². The molecule has 7 nitrogen and oxygen atoms in total. The molecule has 0 saturated carbocycles. The smallest absolute Gasteiger partial charge is 0.481 e. The van der Waals surface area contributed by atoms with E-state index in [-0.39, 0.29) is 18.0 Å². The molecular weight excluding hydrogens is 427 g/mol. The summed E-state index contributed by atoms with van der Waals surface area (Å²) in [5, 5.41) is 20.3. The Morgan fingerprint density at radius 2 is 1.69 bits per heavy atom. The Balaban J connectivity index is 0.000000451. The van der Waals surface area contributed by atoms with E-state index in [2.05, 4.69) is 17.1 Å². The molecule has 0 amide bonds. The van der Waals surface area contributed by atoms with Gasteiger partial charge in [0.2, 0.25) is 0 Å². The maximum absolute atomic E-state index is 11.6. The molecule has 32 heavy (non-hydrogen) atoms. The van der Waals surface area contributed by atoms with Crippen molar-refractivity contribution in [2.45, 2.75) is 115 Å². The molecule has 184 valence electrons.